The largest absolute Gasteiger partial charge is 0.496 e. The van der Waals surface area contributed by atoms with E-state index in [1.54, 1.807) is 4.68 Å². The number of nitrogens with zero attached hydrogens (tertiary/aromatic N) is 3. The van der Waals surface area contributed by atoms with Gasteiger partial charge in [-0.15, -0.1) is 0 Å². The monoisotopic (exact) mass is 529 g/mol. The maximum atomic E-state index is 12.9. The van der Waals surface area contributed by atoms with Gasteiger partial charge in [0.15, 0.2) is 5.69 Å². The Balaban J connectivity index is 1.83. The molecule has 11 heteroatoms. The number of nitrogens with one attached hydrogen (secondary N) is 2. The molecule has 0 spiro atoms. The molecular formula is C25H35ClF3N5O2. The molecule has 0 aliphatic heterocycles. The standard InChI is InChI=1S/C25H35ClF3N5O2/c1-6-34-22(20(26)21(33-34)23(35)31-12-16-9-7-15(2)8-10-16)17-13-30-19(11-18(17)36-5)32-24(3,4)14-25(27,28)29/h11,13,15-16H,6-10,12,14H2,1-5H3,(H,30,32)(H,31,35). The minimum absolute atomic E-state index is 0.119. The summed E-state index contributed by atoms with van der Waals surface area (Å²) >= 11 is 6.66. The van der Waals surface area contributed by atoms with Gasteiger partial charge in [-0.05, 0) is 45.4 Å². The molecule has 0 saturated heterocycles. The third-order valence-electron chi connectivity index (χ3n) is 6.55. The molecule has 1 amide bonds. The van der Waals surface area contributed by atoms with Crippen molar-refractivity contribution >= 4 is 23.3 Å². The molecule has 200 valence electrons. The molecule has 1 aliphatic carbocycles. The molecule has 3 rings (SSSR count). The molecule has 2 N–H and O–H groups in total. The number of methoxy groups -OCH3 is 1. The van der Waals surface area contributed by atoms with Gasteiger partial charge in [-0.3, -0.25) is 9.48 Å². The molecule has 0 aromatic carbocycles. The average Bonchev–Trinajstić information content (AvgIpc) is 3.12. The number of anilines is 1. The topological polar surface area (TPSA) is 81.1 Å². The van der Waals surface area contributed by atoms with Gasteiger partial charge in [-0.25, -0.2) is 4.98 Å². The lowest BCUT2D eigenvalue weighted by Crippen LogP contribution is -2.36. The van der Waals surface area contributed by atoms with Crippen LogP contribution in [0.3, 0.4) is 0 Å². The first-order valence-corrected chi connectivity index (χ1v) is 12.6. The minimum Gasteiger partial charge on any atom is -0.496 e. The van der Waals surface area contributed by atoms with Crippen LogP contribution in [-0.4, -0.2) is 46.0 Å². The molecule has 36 heavy (non-hydrogen) atoms. The maximum Gasteiger partial charge on any atom is 0.391 e. The first-order chi connectivity index (χ1) is 16.8. The van der Waals surface area contributed by atoms with Crippen LogP contribution in [-0.2, 0) is 6.54 Å². The summed E-state index contributed by atoms with van der Waals surface area (Å²) in [4.78, 5) is 17.2. The fourth-order valence-electron chi connectivity index (χ4n) is 4.67. The van der Waals surface area contributed by atoms with E-state index in [1.807, 2.05) is 6.92 Å². The zero-order chi connectivity index (χ0) is 26.7. The lowest BCUT2D eigenvalue weighted by Gasteiger charge is -2.28. The molecule has 0 atom stereocenters. The maximum absolute atomic E-state index is 12.9. The number of alkyl halides is 3. The molecule has 1 fully saturated rings. The van der Waals surface area contributed by atoms with Crippen LogP contribution in [0.2, 0.25) is 5.02 Å². The van der Waals surface area contributed by atoms with Crippen LogP contribution in [0.5, 0.6) is 5.75 Å². The molecule has 1 aliphatic rings. The molecule has 1 saturated carbocycles. The van der Waals surface area contributed by atoms with Gasteiger partial charge in [0.05, 0.1) is 29.8 Å². The lowest BCUT2D eigenvalue weighted by atomic mass is 9.83. The number of hydrogen-bond donors (Lipinski definition) is 2. The Morgan fingerprint density at radius 3 is 2.50 bits per heavy atom. The molecule has 0 bridgehead atoms. The Morgan fingerprint density at radius 2 is 1.92 bits per heavy atom. The van der Waals surface area contributed by atoms with E-state index in [2.05, 4.69) is 27.6 Å². The Hall–Kier alpha value is -2.49. The average molecular weight is 530 g/mol. The molecule has 0 unspecified atom stereocenters. The van der Waals surface area contributed by atoms with E-state index in [0.29, 0.717) is 36.0 Å². The van der Waals surface area contributed by atoms with Gasteiger partial charge in [0.25, 0.3) is 5.91 Å². The third-order valence-corrected chi connectivity index (χ3v) is 6.90. The molecule has 2 aromatic heterocycles. The Morgan fingerprint density at radius 1 is 1.25 bits per heavy atom. The highest BCUT2D eigenvalue weighted by atomic mass is 35.5. The number of carbonyl (C=O) groups is 1. The second-order valence-corrected chi connectivity index (χ2v) is 10.6. The first-order valence-electron chi connectivity index (χ1n) is 12.3. The van der Waals surface area contributed by atoms with E-state index in [1.165, 1.54) is 46.1 Å². The summed E-state index contributed by atoms with van der Waals surface area (Å²) in [6.07, 6.45) is 0.624. The van der Waals surface area contributed by atoms with Gasteiger partial charge in [0, 0.05) is 30.9 Å². The molecule has 0 radical (unpaired) electrons. The summed E-state index contributed by atoms with van der Waals surface area (Å²) in [6, 6.07) is 1.51. The Labute approximate surface area is 215 Å². The quantitative estimate of drug-likeness (QED) is 0.397. The molecular weight excluding hydrogens is 495 g/mol. The van der Waals surface area contributed by atoms with Crippen LogP contribution in [0.4, 0.5) is 19.0 Å². The van der Waals surface area contributed by atoms with Gasteiger partial charge < -0.3 is 15.4 Å². The second-order valence-electron chi connectivity index (χ2n) is 10.2. The van der Waals surface area contributed by atoms with Crippen LogP contribution < -0.4 is 15.4 Å². The van der Waals surface area contributed by atoms with Crippen molar-refractivity contribution in [3.63, 3.8) is 0 Å². The zero-order valence-corrected chi connectivity index (χ0v) is 22.2. The summed E-state index contributed by atoms with van der Waals surface area (Å²) in [5.41, 5.74) is -0.215. The van der Waals surface area contributed by atoms with Crippen LogP contribution in [0.25, 0.3) is 11.3 Å². The van der Waals surface area contributed by atoms with Gasteiger partial charge >= 0.3 is 6.18 Å². The number of halogens is 4. The first kappa shape index (κ1) is 28.1. The second kappa shape index (κ2) is 11.3. The smallest absolute Gasteiger partial charge is 0.391 e. The van der Waals surface area contributed by atoms with Crippen LogP contribution in [0.1, 0.15) is 70.3 Å². The number of carbonyl (C=O) groups excluding carboxylic acids is 1. The molecule has 7 nitrogen and oxygen atoms in total. The highest BCUT2D eigenvalue weighted by Gasteiger charge is 2.37. The molecule has 2 aromatic rings. The molecule has 2 heterocycles. The van der Waals surface area contributed by atoms with Gasteiger partial charge in [-0.1, -0.05) is 31.4 Å². The van der Waals surface area contributed by atoms with Crippen molar-refractivity contribution in [2.24, 2.45) is 11.8 Å². The van der Waals surface area contributed by atoms with Crippen molar-refractivity contribution in [2.45, 2.75) is 78.1 Å². The number of ether oxygens (including phenoxy) is 1. The highest BCUT2D eigenvalue weighted by molar-refractivity contribution is 6.36. The lowest BCUT2D eigenvalue weighted by molar-refractivity contribution is -0.142. The summed E-state index contributed by atoms with van der Waals surface area (Å²) in [5.74, 6) is 1.40. The van der Waals surface area contributed by atoms with Crippen molar-refractivity contribution in [3.05, 3.63) is 23.0 Å². The van der Waals surface area contributed by atoms with Gasteiger partial charge in [0.1, 0.15) is 11.6 Å². The number of aromatic nitrogens is 3. The number of rotatable bonds is 9. The van der Waals surface area contributed by atoms with E-state index in [9.17, 15) is 18.0 Å². The Bertz CT molecular complexity index is 1060. The van der Waals surface area contributed by atoms with E-state index >= 15 is 0 Å². The minimum atomic E-state index is -4.33. The number of amides is 1. The van der Waals surface area contributed by atoms with E-state index in [-0.39, 0.29) is 22.4 Å². The van der Waals surface area contributed by atoms with Crippen molar-refractivity contribution < 1.29 is 22.7 Å². The fraction of sp³-hybridized carbons (Fsp3) is 0.640. The fourth-order valence-corrected chi connectivity index (χ4v) is 4.99. The summed E-state index contributed by atoms with van der Waals surface area (Å²) in [6.45, 7) is 8.03. The number of pyridine rings is 1. The van der Waals surface area contributed by atoms with Crippen molar-refractivity contribution in [1.82, 2.24) is 20.1 Å². The van der Waals surface area contributed by atoms with Crippen LogP contribution in [0, 0.1) is 11.8 Å². The van der Waals surface area contributed by atoms with E-state index < -0.39 is 18.1 Å². The van der Waals surface area contributed by atoms with Gasteiger partial charge in [-0.2, -0.15) is 18.3 Å². The zero-order valence-electron chi connectivity index (χ0n) is 21.4. The van der Waals surface area contributed by atoms with Gasteiger partial charge in [0.2, 0.25) is 0 Å². The van der Waals surface area contributed by atoms with E-state index in [4.69, 9.17) is 16.3 Å². The summed E-state index contributed by atoms with van der Waals surface area (Å²) in [5, 5.41) is 10.4. The predicted octanol–water partition coefficient (Wildman–Crippen LogP) is 6.33. The van der Waals surface area contributed by atoms with Crippen LogP contribution in [0.15, 0.2) is 12.3 Å². The number of aryl methyl sites for hydroxylation is 1. The Kier molecular flexibility index (Phi) is 8.80. The van der Waals surface area contributed by atoms with Crippen molar-refractivity contribution in [3.8, 4) is 17.0 Å². The number of hydrogen-bond acceptors (Lipinski definition) is 5. The third kappa shape index (κ3) is 7.05. The predicted molar refractivity (Wildman–Crippen MR) is 135 cm³/mol. The SMILES string of the molecule is CCn1nc(C(=O)NCC2CCC(C)CC2)c(Cl)c1-c1cnc(NC(C)(C)CC(F)(F)F)cc1OC. The highest BCUT2D eigenvalue weighted by Crippen LogP contribution is 2.38. The summed E-state index contributed by atoms with van der Waals surface area (Å²) in [7, 11) is 1.45. The van der Waals surface area contributed by atoms with Crippen molar-refractivity contribution in [2.75, 3.05) is 19.0 Å². The normalized spacial score (nSPS) is 18.7. The van der Waals surface area contributed by atoms with Crippen molar-refractivity contribution in [1.29, 1.82) is 0 Å². The van der Waals surface area contributed by atoms with E-state index in [0.717, 1.165) is 18.8 Å². The van der Waals surface area contributed by atoms with Crippen LogP contribution >= 0.6 is 11.6 Å². The summed E-state index contributed by atoms with van der Waals surface area (Å²) < 4.78 is 45.9.